The molecule has 0 spiro atoms. The van der Waals surface area contributed by atoms with Crippen LogP contribution in [-0.4, -0.2) is 28.9 Å². The summed E-state index contributed by atoms with van der Waals surface area (Å²) in [6.07, 6.45) is 7.02. The Morgan fingerprint density at radius 1 is 1.44 bits per heavy atom. The maximum atomic E-state index is 12.1. The van der Waals surface area contributed by atoms with Crippen molar-refractivity contribution in [3.8, 4) is 0 Å². The SMILES string of the molecule is CCCCC(=O)N(CCCN)Cc1cccnc1. The van der Waals surface area contributed by atoms with E-state index in [-0.39, 0.29) is 5.91 Å². The van der Waals surface area contributed by atoms with E-state index < -0.39 is 0 Å². The first-order chi connectivity index (χ1) is 8.77. The largest absolute Gasteiger partial charge is 0.338 e. The predicted octanol–water partition coefficient (Wildman–Crippen LogP) is 1.95. The molecule has 0 aliphatic carbocycles. The van der Waals surface area contributed by atoms with Gasteiger partial charge in [-0.3, -0.25) is 9.78 Å². The number of hydrogen-bond acceptors (Lipinski definition) is 3. The van der Waals surface area contributed by atoms with Crippen molar-refractivity contribution in [2.75, 3.05) is 13.1 Å². The number of carbonyl (C=O) groups is 1. The van der Waals surface area contributed by atoms with Crippen LogP contribution in [0.1, 0.15) is 38.2 Å². The van der Waals surface area contributed by atoms with Crippen LogP contribution < -0.4 is 5.73 Å². The maximum Gasteiger partial charge on any atom is 0.222 e. The average Bonchev–Trinajstić information content (AvgIpc) is 2.42. The fourth-order valence-corrected chi connectivity index (χ4v) is 1.77. The van der Waals surface area contributed by atoms with E-state index in [1.165, 1.54) is 0 Å². The van der Waals surface area contributed by atoms with Crippen molar-refractivity contribution in [3.05, 3.63) is 30.1 Å². The zero-order chi connectivity index (χ0) is 13.2. The number of hydrogen-bond donors (Lipinski definition) is 1. The van der Waals surface area contributed by atoms with E-state index in [0.717, 1.165) is 31.4 Å². The lowest BCUT2D eigenvalue weighted by atomic mass is 10.2. The molecule has 1 aromatic heterocycles. The summed E-state index contributed by atoms with van der Waals surface area (Å²) < 4.78 is 0. The summed E-state index contributed by atoms with van der Waals surface area (Å²) in [6, 6.07) is 3.89. The monoisotopic (exact) mass is 249 g/mol. The maximum absolute atomic E-state index is 12.1. The van der Waals surface area contributed by atoms with Crippen molar-refractivity contribution in [1.29, 1.82) is 0 Å². The summed E-state index contributed by atoms with van der Waals surface area (Å²) in [4.78, 5) is 18.0. The third-order valence-corrected chi connectivity index (χ3v) is 2.83. The molecule has 0 aliphatic heterocycles. The van der Waals surface area contributed by atoms with E-state index in [9.17, 15) is 4.79 Å². The molecular weight excluding hydrogens is 226 g/mol. The first-order valence-corrected chi connectivity index (χ1v) is 6.64. The number of rotatable bonds is 8. The van der Waals surface area contributed by atoms with Crippen molar-refractivity contribution in [3.63, 3.8) is 0 Å². The van der Waals surface area contributed by atoms with E-state index >= 15 is 0 Å². The molecule has 0 aliphatic rings. The van der Waals surface area contributed by atoms with Crippen LogP contribution in [0, 0.1) is 0 Å². The highest BCUT2D eigenvalue weighted by Gasteiger charge is 2.12. The Morgan fingerprint density at radius 3 is 2.89 bits per heavy atom. The molecule has 0 atom stereocenters. The highest BCUT2D eigenvalue weighted by atomic mass is 16.2. The molecule has 0 saturated carbocycles. The van der Waals surface area contributed by atoms with Crippen LogP contribution in [0.15, 0.2) is 24.5 Å². The lowest BCUT2D eigenvalue weighted by molar-refractivity contribution is -0.132. The van der Waals surface area contributed by atoms with Crippen molar-refractivity contribution >= 4 is 5.91 Å². The van der Waals surface area contributed by atoms with Gasteiger partial charge in [0.25, 0.3) is 0 Å². The number of carbonyl (C=O) groups excluding carboxylic acids is 1. The lowest BCUT2D eigenvalue weighted by Gasteiger charge is -2.22. The van der Waals surface area contributed by atoms with Crippen LogP contribution in [0.25, 0.3) is 0 Å². The Hall–Kier alpha value is -1.42. The van der Waals surface area contributed by atoms with Gasteiger partial charge in [-0.05, 0) is 31.0 Å². The first kappa shape index (κ1) is 14.6. The van der Waals surface area contributed by atoms with E-state index in [2.05, 4.69) is 11.9 Å². The van der Waals surface area contributed by atoms with Gasteiger partial charge in [-0.25, -0.2) is 0 Å². The molecule has 1 rings (SSSR count). The zero-order valence-corrected chi connectivity index (χ0v) is 11.1. The smallest absolute Gasteiger partial charge is 0.222 e. The minimum Gasteiger partial charge on any atom is -0.338 e. The molecule has 0 aromatic carbocycles. The van der Waals surface area contributed by atoms with Crippen molar-refractivity contribution in [2.24, 2.45) is 5.73 Å². The fourth-order valence-electron chi connectivity index (χ4n) is 1.77. The van der Waals surface area contributed by atoms with Crippen LogP contribution in [0.4, 0.5) is 0 Å². The van der Waals surface area contributed by atoms with Crippen LogP contribution in [-0.2, 0) is 11.3 Å². The molecular formula is C14H23N3O. The topological polar surface area (TPSA) is 59.2 Å². The summed E-state index contributed by atoms with van der Waals surface area (Å²) >= 11 is 0. The highest BCUT2D eigenvalue weighted by Crippen LogP contribution is 2.07. The number of amides is 1. The highest BCUT2D eigenvalue weighted by molar-refractivity contribution is 5.76. The van der Waals surface area contributed by atoms with Crippen LogP contribution in [0.5, 0.6) is 0 Å². The second-order valence-corrected chi connectivity index (χ2v) is 4.42. The summed E-state index contributed by atoms with van der Waals surface area (Å²) in [7, 11) is 0. The molecule has 2 N–H and O–H groups in total. The number of pyridine rings is 1. The van der Waals surface area contributed by atoms with Gasteiger partial charge in [0.05, 0.1) is 0 Å². The Morgan fingerprint density at radius 2 is 2.28 bits per heavy atom. The van der Waals surface area contributed by atoms with Gasteiger partial charge in [0, 0.05) is 31.9 Å². The van der Waals surface area contributed by atoms with Crippen molar-refractivity contribution in [1.82, 2.24) is 9.88 Å². The molecule has 1 heterocycles. The van der Waals surface area contributed by atoms with Gasteiger partial charge in [-0.1, -0.05) is 19.4 Å². The zero-order valence-electron chi connectivity index (χ0n) is 11.1. The molecule has 0 unspecified atom stereocenters. The van der Waals surface area contributed by atoms with E-state index in [1.807, 2.05) is 23.2 Å². The third-order valence-electron chi connectivity index (χ3n) is 2.83. The fraction of sp³-hybridized carbons (Fsp3) is 0.571. The summed E-state index contributed by atoms with van der Waals surface area (Å²) in [5.41, 5.74) is 6.59. The van der Waals surface area contributed by atoms with Crippen LogP contribution >= 0.6 is 0 Å². The Balaban J connectivity index is 2.57. The minimum absolute atomic E-state index is 0.217. The van der Waals surface area contributed by atoms with Crippen LogP contribution in [0.2, 0.25) is 0 Å². The van der Waals surface area contributed by atoms with E-state index in [1.54, 1.807) is 6.20 Å². The minimum atomic E-state index is 0.217. The Kier molecular flexibility index (Phi) is 7.03. The molecule has 1 amide bonds. The molecule has 4 heteroatoms. The molecule has 0 saturated heterocycles. The Labute approximate surface area is 109 Å². The van der Waals surface area contributed by atoms with Gasteiger partial charge < -0.3 is 10.6 Å². The number of aromatic nitrogens is 1. The molecule has 1 aromatic rings. The number of nitrogens with two attached hydrogens (primary N) is 1. The third kappa shape index (κ3) is 5.27. The van der Waals surface area contributed by atoms with E-state index in [4.69, 9.17) is 5.73 Å². The van der Waals surface area contributed by atoms with Gasteiger partial charge >= 0.3 is 0 Å². The molecule has 0 fully saturated rings. The molecule has 0 bridgehead atoms. The normalized spacial score (nSPS) is 10.3. The quantitative estimate of drug-likeness (QED) is 0.766. The molecule has 18 heavy (non-hydrogen) atoms. The van der Waals surface area contributed by atoms with E-state index in [0.29, 0.717) is 19.5 Å². The average molecular weight is 249 g/mol. The summed E-state index contributed by atoms with van der Waals surface area (Å²) in [5, 5.41) is 0. The standard InChI is InChI=1S/C14H23N3O/c1-2-3-7-14(18)17(10-5-8-15)12-13-6-4-9-16-11-13/h4,6,9,11H,2-3,5,7-8,10,12,15H2,1H3. The van der Waals surface area contributed by atoms with Gasteiger partial charge in [0.2, 0.25) is 5.91 Å². The van der Waals surface area contributed by atoms with Gasteiger partial charge in [-0.2, -0.15) is 0 Å². The van der Waals surface area contributed by atoms with Crippen LogP contribution in [0.3, 0.4) is 0 Å². The molecule has 0 radical (unpaired) electrons. The number of unbranched alkanes of at least 4 members (excludes halogenated alkanes) is 1. The van der Waals surface area contributed by atoms with Crippen molar-refractivity contribution < 1.29 is 4.79 Å². The Bertz CT molecular complexity index is 340. The predicted molar refractivity (Wildman–Crippen MR) is 72.9 cm³/mol. The first-order valence-electron chi connectivity index (χ1n) is 6.64. The van der Waals surface area contributed by atoms with Gasteiger partial charge in [0.15, 0.2) is 0 Å². The summed E-state index contributed by atoms with van der Waals surface area (Å²) in [6.45, 7) is 4.08. The van der Waals surface area contributed by atoms with Gasteiger partial charge in [-0.15, -0.1) is 0 Å². The second-order valence-electron chi connectivity index (χ2n) is 4.42. The number of nitrogens with zero attached hydrogens (tertiary/aromatic N) is 2. The van der Waals surface area contributed by atoms with Gasteiger partial charge in [0.1, 0.15) is 0 Å². The second kappa shape index (κ2) is 8.64. The molecule has 4 nitrogen and oxygen atoms in total. The lowest BCUT2D eigenvalue weighted by Crippen LogP contribution is -2.32. The van der Waals surface area contributed by atoms with Crippen molar-refractivity contribution in [2.45, 2.75) is 39.2 Å². The summed E-state index contributed by atoms with van der Waals surface area (Å²) in [5.74, 6) is 0.217. The molecule has 100 valence electrons.